The lowest BCUT2D eigenvalue weighted by atomic mass is 10.0. The maximum absolute atomic E-state index is 5.37. The number of benzene rings is 9. The maximum atomic E-state index is 5.37. The highest BCUT2D eigenvalue weighted by atomic mass is 15.1. The van der Waals surface area contributed by atoms with Gasteiger partial charge in [0.25, 0.3) is 0 Å². The predicted molar refractivity (Wildman–Crippen MR) is 259 cm³/mol. The molecule has 294 valence electrons. The van der Waals surface area contributed by atoms with Gasteiger partial charge in [-0.25, -0.2) is 15.0 Å². The molecule has 6 heteroatoms. The minimum Gasteiger partial charge on any atom is -0.309 e. The molecule has 13 aromatic rings. The van der Waals surface area contributed by atoms with Crippen molar-refractivity contribution >= 4 is 65.4 Å². The number of nitrogens with zero attached hydrogens (tertiary/aromatic N) is 6. The Bertz CT molecular complexity index is 3770. The van der Waals surface area contributed by atoms with Gasteiger partial charge in [-0.1, -0.05) is 158 Å². The molecule has 9 aromatic carbocycles. The monoisotopic (exact) mass is 804 g/mol. The Hall–Kier alpha value is -8.61. The first kappa shape index (κ1) is 35.2. The van der Waals surface area contributed by atoms with Crippen LogP contribution in [0.3, 0.4) is 0 Å². The largest absolute Gasteiger partial charge is 0.309 e. The van der Waals surface area contributed by atoms with Crippen molar-refractivity contribution < 1.29 is 0 Å². The average molecular weight is 805 g/mol. The Morgan fingerprint density at radius 2 is 0.746 bits per heavy atom. The fraction of sp³-hybridized carbons (Fsp3) is 0. The second-order valence-electron chi connectivity index (χ2n) is 16.0. The van der Waals surface area contributed by atoms with Crippen molar-refractivity contribution in [3.63, 3.8) is 0 Å². The Labute approximate surface area is 362 Å². The number of hydrogen-bond donors (Lipinski definition) is 0. The van der Waals surface area contributed by atoms with Gasteiger partial charge in [-0.05, 0) is 60.7 Å². The van der Waals surface area contributed by atoms with Gasteiger partial charge < -0.3 is 13.7 Å². The summed E-state index contributed by atoms with van der Waals surface area (Å²) in [6.45, 7) is 0. The Morgan fingerprint density at radius 1 is 0.286 bits per heavy atom. The molecular weight excluding hydrogens is 769 g/mol. The van der Waals surface area contributed by atoms with E-state index in [-0.39, 0.29) is 0 Å². The molecule has 0 saturated heterocycles. The number of aromatic nitrogens is 6. The summed E-state index contributed by atoms with van der Waals surface area (Å²) in [5.74, 6) is 1.83. The highest BCUT2D eigenvalue weighted by Gasteiger charge is 2.25. The predicted octanol–water partition coefficient (Wildman–Crippen LogP) is 14.2. The minimum absolute atomic E-state index is 0.595. The van der Waals surface area contributed by atoms with E-state index in [1.807, 2.05) is 36.4 Å². The number of rotatable bonds is 6. The SMILES string of the molecule is c1ccc(-c2nc(-c3ccccc3)nc(-c3cc4c(cc3-n3c5ccccc5c5ccccc53)c3ccc5c(c6ccccc6n5-c5ccccc5)c3n4-c3ccccc3)n2)cc1. The van der Waals surface area contributed by atoms with Crippen molar-refractivity contribution in [2.75, 3.05) is 0 Å². The molecule has 4 aromatic heterocycles. The van der Waals surface area contributed by atoms with Crippen LogP contribution in [0.1, 0.15) is 0 Å². The molecule has 13 rings (SSSR count). The normalized spacial score (nSPS) is 11.8. The number of fused-ring (bicyclic) bond motifs is 10. The topological polar surface area (TPSA) is 53.5 Å². The molecule has 0 N–H and O–H groups in total. The highest BCUT2D eigenvalue weighted by Crippen LogP contribution is 2.45. The van der Waals surface area contributed by atoms with Crippen LogP contribution in [0.5, 0.6) is 0 Å². The molecule has 0 amide bonds. The van der Waals surface area contributed by atoms with Crippen LogP contribution in [0, 0.1) is 0 Å². The Morgan fingerprint density at radius 3 is 1.32 bits per heavy atom. The van der Waals surface area contributed by atoms with Crippen LogP contribution in [0.15, 0.2) is 218 Å². The van der Waals surface area contributed by atoms with Gasteiger partial charge in [-0.15, -0.1) is 0 Å². The molecule has 0 aliphatic rings. The molecule has 63 heavy (non-hydrogen) atoms. The van der Waals surface area contributed by atoms with Crippen molar-refractivity contribution in [2.24, 2.45) is 0 Å². The van der Waals surface area contributed by atoms with Crippen molar-refractivity contribution in [1.29, 1.82) is 0 Å². The van der Waals surface area contributed by atoms with Crippen LogP contribution in [-0.2, 0) is 0 Å². The summed E-state index contributed by atoms with van der Waals surface area (Å²) < 4.78 is 7.25. The van der Waals surface area contributed by atoms with E-state index in [0.717, 1.165) is 77.6 Å². The Balaban J connectivity index is 1.23. The summed E-state index contributed by atoms with van der Waals surface area (Å²) in [5.41, 5.74) is 12.7. The zero-order chi connectivity index (χ0) is 41.4. The molecule has 0 aliphatic heterocycles. The molecule has 0 aliphatic carbocycles. The van der Waals surface area contributed by atoms with E-state index in [9.17, 15) is 0 Å². The molecule has 0 saturated carbocycles. The van der Waals surface area contributed by atoms with E-state index in [2.05, 4.69) is 196 Å². The summed E-state index contributed by atoms with van der Waals surface area (Å²) in [6.07, 6.45) is 0. The quantitative estimate of drug-likeness (QED) is 0.168. The lowest BCUT2D eigenvalue weighted by Gasteiger charge is -2.16. The van der Waals surface area contributed by atoms with Crippen molar-refractivity contribution in [3.05, 3.63) is 218 Å². The van der Waals surface area contributed by atoms with Crippen LogP contribution < -0.4 is 0 Å². The maximum Gasteiger partial charge on any atom is 0.166 e. The number of hydrogen-bond acceptors (Lipinski definition) is 3. The van der Waals surface area contributed by atoms with Crippen molar-refractivity contribution in [2.45, 2.75) is 0 Å². The zero-order valence-corrected chi connectivity index (χ0v) is 34.0. The third kappa shape index (κ3) is 5.41. The highest BCUT2D eigenvalue weighted by molar-refractivity contribution is 6.27. The van der Waals surface area contributed by atoms with E-state index in [1.165, 1.54) is 21.5 Å². The summed E-state index contributed by atoms with van der Waals surface area (Å²) in [4.78, 5) is 15.9. The summed E-state index contributed by atoms with van der Waals surface area (Å²) in [6, 6.07) is 77.3. The van der Waals surface area contributed by atoms with Gasteiger partial charge >= 0.3 is 0 Å². The molecule has 0 radical (unpaired) electrons. The van der Waals surface area contributed by atoms with E-state index in [1.54, 1.807) is 0 Å². The molecule has 0 bridgehead atoms. The lowest BCUT2D eigenvalue weighted by Crippen LogP contribution is -2.04. The van der Waals surface area contributed by atoms with Gasteiger partial charge in [0.1, 0.15) is 0 Å². The van der Waals surface area contributed by atoms with Crippen LogP contribution in [-0.4, -0.2) is 28.7 Å². The molecule has 0 atom stereocenters. The molecular formula is C57H36N6. The smallest absolute Gasteiger partial charge is 0.166 e. The third-order valence-corrected chi connectivity index (χ3v) is 12.5. The fourth-order valence-corrected chi connectivity index (χ4v) is 9.77. The average Bonchev–Trinajstić information content (AvgIpc) is 4.00. The first-order chi connectivity index (χ1) is 31.3. The molecule has 0 spiro atoms. The summed E-state index contributed by atoms with van der Waals surface area (Å²) in [7, 11) is 0. The van der Waals surface area contributed by atoms with Crippen LogP contribution >= 0.6 is 0 Å². The van der Waals surface area contributed by atoms with Crippen LogP contribution in [0.25, 0.3) is 117 Å². The number of para-hydroxylation sites is 5. The molecule has 4 heterocycles. The first-order valence-electron chi connectivity index (χ1n) is 21.3. The molecule has 6 nitrogen and oxygen atoms in total. The first-order valence-corrected chi connectivity index (χ1v) is 21.3. The summed E-state index contributed by atoms with van der Waals surface area (Å²) >= 11 is 0. The second kappa shape index (κ2) is 14.0. The van der Waals surface area contributed by atoms with Crippen molar-refractivity contribution in [3.8, 4) is 51.2 Å². The van der Waals surface area contributed by atoms with Crippen LogP contribution in [0.2, 0.25) is 0 Å². The molecule has 0 unspecified atom stereocenters. The van der Waals surface area contributed by atoms with Gasteiger partial charge in [0.15, 0.2) is 17.5 Å². The van der Waals surface area contributed by atoms with E-state index in [0.29, 0.717) is 17.5 Å². The van der Waals surface area contributed by atoms with Gasteiger partial charge in [0.05, 0.1) is 38.8 Å². The van der Waals surface area contributed by atoms with Gasteiger partial charge in [0, 0.05) is 60.4 Å². The van der Waals surface area contributed by atoms with Gasteiger partial charge in [-0.3, -0.25) is 0 Å². The summed E-state index contributed by atoms with van der Waals surface area (Å²) in [5, 5.41) is 7.07. The van der Waals surface area contributed by atoms with E-state index in [4.69, 9.17) is 15.0 Å². The van der Waals surface area contributed by atoms with E-state index < -0.39 is 0 Å². The van der Waals surface area contributed by atoms with E-state index >= 15 is 0 Å². The third-order valence-electron chi connectivity index (χ3n) is 12.5. The lowest BCUT2D eigenvalue weighted by molar-refractivity contribution is 1.06. The van der Waals surface area contributed by atoms with Gasteiger partial charge in [0.2, 0.25) is 0 Å². The molecule has 0 fully saturated rings. The second-order valence-corrected chi connectivity index (χ2v) is 16.0. The standard InChI is InChI=1S/C57H36N6/c1-5-19-37(20-6-1)55-58-56(38-21-7-2-8-22-38)60-57(59-55)46-36-51-45(35-52(46)63-47-30-16-13-27-41(47)42-28-14-17-31-48(42)63)43-33-34-50-53(54(43)62(51)40-25-11-4-12-26-40)44-29-15-18-32-49(44)61(50)39-23-9-3-10-24-39/h1-36H. The van der Waals surface area contributed by atoms with Crippen molar-refractivity contribution in [1.82, 2.24) is 28.7 Å². The minimum atomic E-state index is 0.595. The van der Waals surface area contributed by atoms with Gasteiger partial charge in [-0.2, -0.15) is 0 Å². The van der Waals surface area contributed by atoms with Crippen LogP contribution in [0.4, 0.5) is 0 Å². The Kier molecular flexibility index (Phi) is 7.80. The zero-order valence-electron chi connectivity index (χ0n) is 34.0. The fourth-order valence-electron chi connectivity index (χ4n) is 9.77.